The Morgan fingerprint density at radius 3 is 1.33 bits per heavy atom. The van der Waals surface area contributed by atoms with Crippen molar-refractivity contribution in [1.82, 2.24) is 0 Å². The van der Waals surface area contributed by atoms with Crippen molar-refractivity contribution in [2.24, 2.45) is 0 Å². The molecule has 0 spiro atoms. The second kappa shape index (κ2) is 31.8. The van der Waals surface area contributed by atoms with Crippen molar-refractivity contribution in [2.75, 3.05) is 51.8 Å². The zero-order chi connectivity index (χ0) is 30.5. The summed E-state index contributed by atoms with van der Waals surface area (Å²) in [6.45, 7) is 9.18. The van der Waals surface area contributed by atoms with Gasteiger partial charge in [0.15, 0.2) is 0 Å². The van der Waals surface area contributed by atoms with Crippen molar-refractivity contribution in [3.63, 3.8) is 0 Å². The molecule has 0 fully saturated rings. The molecule has 0 aromatic rings. The summed E-state index contributed by atoms with van der Waals surface area (Å²) >= 11 is 3.79. The molecular formula is C21H45FN3O6PS3Si3V. The van der Waals surface area contributed by atoms with Crippen LogP contribution in [0.25, 0.3) is 0 Å². The maximum atomic E-state index is 9.99. The number of hydrogen-bond donors (Lipinski definition) is 0. The quantitative estimate of drug-likeness (QED) is 0.0547. The summed E-state index contributed by atoms with van der Waals surface area (Å²) in [6.07, 6.45) is 2.71. The molecule has 0 aliphatic rings. The largest absolute Gasteiger partial charge is 0.500 e. The third-order valence-electron chi connectivity index (χ3n) is 5.01. The van der Waals surface area contributed by atoms with Crippen molar-refractivity contribution in [1.29, 1.82) is 17.1 Å². The van der Waals surface area contributed by atoms with Crippen LogP contribution in [-0.4, -0.2) is 79.0 Å². The van der Waals surface area contributed by atoms with E-state index in [2.05, 4.69) is 23.9 Å². The van der Waals surface area contributed by atoms with E-state index in [0.717, 1.165) is 54.7 Å². The van der Waals surface area contributed by atoms with Gasteiger partial charge >= 0.3 is 25.9 Å². The van der Waals surface area contributed by atoms with E-state index in [0.29, 0.717) is 13.2 Å². The first-order valence-electron chi connectivity index (χ1n) is 12.5. The summed E-state index contributed by atoms with van der Waals surface area (Å²) < 4.78 is 49.8. The SMILES string of the molecule is CCO[Si](CCCSC#N)(OC)OCC.CO[Si](C)(CCCSC#N)O[Si](C)(CCCSC#N)OC.[2H]PF.[V]. The Hall–Kier alpha value is 0.875. The molecule has 0 bridgehead atoms. The normalized spacial score (nSPS) is 14.0. The molecule has 3 unspecified atom stereocenters. The Labute approximate surface area is 267 Å². The molecule has 0 amide bonds. The van der Waals surface area contributed by atoms with Gasteiger partial charge in [0.1, 0.15) is 16.2 Å². The van der Waals surface area contributed by atoms with Gasteiger partial charge in [-0.05, 0) is 93.6 Å². The van der Waals surface area contributed by atoms with Gasteiger partial charge in [-0.2, -0.15) is 15.8 Å². The maximum absolute atomic E-state index is 9.99. The van der Waals surface area contributed by atoms with Gasteiger partial charge in [-0.25, -0.2) is 4.20 Å². The van der Waals surface area contributed by atoms with E-state index in [1.807, 2.05) is 19.2 Å². The molecule has 0 rings (SSSR count). The number of nitriles is 3. The second-order valence-corrected chi connectivity index (χ2v) is 20.3. The molecule has 0 aromatic carbocycles. The van der Waals surface area contributed by atoms with Crippen molar-refractivity contribution >= 4 is 70.7 Å². The Bertz CT molecular complexity index is 685. The molecule has 0 N–H and O–H groups in total. The number of rotatable bonds is 21. The summed E-state index contributed by atoms with van der Waals surface area (Å²) in [5.41, 5.74) is 0. The van der Waals surface area contributed by atoms with Gasteiger partial charge in [0.25, 0.3) is 0 Å². The van der Waals surface area contributed by atoms with Gasteiger partial charge in [0.2, 0.25) is 0 Å². The summed E-state index contributed by atoms with van der Waals surface area (Å²) in [6, 6.07) is 2.49. The molecule has 0 saturated carbocycles. The van der Waals surface area contributed by atoms with Crippen LogP contribution >= 0.6 is 44.8 Å². The van der Waals surface area contributed by atoms with Gasteiger partial charge in [-0.3, -0.25) is 0 Å². The average Bonchev–Trinajstić information content (AvgIpc) is 2.92. The van der Waals surface area contributed by atoms with Crippen LogP contribution in [-0.2, 0) is 44.8 Å². The topological polar surface area (TPSA) is 127 Å². The molecule has 0 aliphatic carbocycles. The van der Waals surface area contributed by atoms with Crippen LogP contribution in [0.5, 0.6) is 0 Å². The molecule has 1 radical (unpaired) electrons. The third kappa shape index (κ3) is 26.2. The zero-order valence-corrected chi connectivity index (χ0v) is 32.0. The molecule has 39 heavy (non-hydrogen) atoms. The molecule has 9 nitrogen and oxygen atoms in total. The van der Waals surface area contributed by atoms with Crippen LogP contribution in [0, 0.1) is 32.0 Å². The van der Waals surface area contributed by atoms with Gasteiger partial charge in [0.05, 0.1) is 10.8 Å². The van der Waals surface area contributed by atoms with Crippen LogP contribution in [0.15, 0.2) is 0 Å². The minimum absolute atomic E-state index is 0. The monoisotopic (exact) mass is 717 g/mol. The van der Waals surface area contributed by atoms with Crippen molar-refractivity contribution in [3.8, 4) is 16.2 Å². The first-order valence-corrected chi connectivity index (χ1v) is 22.4. The molecular weight excluding hydrogens is 672 g/mol. The van der Waals surface area contributed by atoms with Crippen LogP contribution in [0.3, 0.4) is 0 Å². The Kier molecular flexibility index (Phi) is 36.1. The van der Waals surface area contributed by atoms with E-state index in [9.17, 15) is 4.20 Å². The van der Waals surface area contributed by atoms with E-state index in [-0.39, 0.29) is 18.6 Å². The standard InChI is InChI=1S/C12H24N2O3S2Si2.C9H19NO3SSi.FH2P.V/c1-15-20(3,9-5-7-18-11-13)17-21(4,16-2)10-6-8-19-12-14;1-4-12-15(11-3,13-5-2)8-6-7-14-9-10;1-2;/h5-10H2,1-4H3;4-8H2,1-3H3;2H2;/i;;2D;. The molecule has 227 valence electrons. The van der Waals surface area contributed by atoms with Crippen molar-refractivity contribution in [3.05, 3.63) is 0 Å². The van der Waals surface area contributed by atoms with Crippen molar-refractivity contribution < 1.29 is 49.0 Å². The average molecular weight is 718 g/mol. The predicted molar refractivity (Wildman–Crippen MR) is 168 cm³/mol. The molecule has 0 heterocycles. The summed E-state index contributed by atoms with van der Waals surface area (Å²) in [5, 5.41) is 31.7. The molecule has 3 atom stereocenters. The zero-order valence-electron chi connectivity index (χ0n) is 25.1. The fourth-order valence-electron chi connectivity index (χ4n) is 3.12. The first kappa shape index (κ1) is 44.3. The van der Waals surface area contributed by atoms with Crippen LogP contribution < -0.4 is 0 Å². The third-order valence-corrected chi connectivity index (χ3v) is 17.6. The minimum Gasteiger partial charge on any atom is -0.415 e. The molecule has 18 heteroatoms. The van der Waals surface area contributed by atoms with Crippen LogP contribution in [0.2, 0.25) is 31.2 Å². The first-order chi connectivity index (χ1) is 18.6. The summed E-state index contributed by atoms with van der Waals surface area (Å²) in [7, 11) is -3.10. The molecule has 0 aromatic heterocycles. The van der Waals surface area contributed by atoms with E-state index in [1.54, 1.807) is 21.3 Å². The Morgan fingerprint density at radius 1 is 0.744 bits per heavy atom. The fraction of sp³-hybridized carbons (Fsp3) is 0.857. The van der Waals surface area contributed by atoms with Crippen LogP contribution in [0.4, 0.5) is 4.20 Å². The van der Waals surface area contributed by atoms with E-state index in [4.69, 9.17) is 43.3 Å². The fourth-order valence-corrected chi connectivity index (χ4v) is 14.5. The number of thiocyanates is 3. The van der Waals surface area contributed by atoms with Crippen molar-refractivity contribution in [2.45, 2.75) is 64.3 Å². The van der Waals surface area contributed by atoms with Gasteiger partial charge < -0.3 is 26.2 Å². The molecule has 0 saturated heterocycles. The Morgan fingerprint density at radius 2 is 1.08 bits per heavy atom. The minimum atomic E-state index is -2.44. The van der Waals surface area contributed by atoms with E-state index < -0.39 is 35.4 Å². The van der Waals surface area contributed by atoms with Gasteiger partial charge in [-0.1, -0.05) is 0 Å². The number of hydrogen-bond acceptors (Lipinski definition) is 12. The number of nitrogens with zero attached hydrogens (tertiary/aromatic N) is 3. The summed E-state index contributed by atoms with van der Waals surface area (Å²) in [5.74, 6) is 2.40. The maximum Gasteiger partial charge on any atom is 0.500 e. The van der Waals surface area contributed by atoms with E-state index >= 15 is 0 Å². The van der Waals surface area contributed by atoms with Gasteiger partial charge in [0, 0.05) is 76.4 Å². The number of halogens is 1. The predicted octanol–water partition coefficient (Wildman–Crippen LogP) is 6.64. The molecule has 0 aliphatic heterocycles. The Balaban J connectivity index is -0.000000300. The van der Waals surface area contributed by atoms with Gasteiger partial charge in [-0.15, -0.1) is 0 Å². The smallest absolute Gasteiger partial charge is 0.415 e. The summed E-state index contributed by atoms with van der Waals surface area (Å²) in [4.78, 5) is 0. The van der Waals surface area contributed by atoms with Crippen LogP contribution in [0.1, 0.15) is 33.1 Å². The second-order valence-electron chi connectivity index (χ2n) is 7.66. The van der Waals surface area contributed by atoms with E-state index in [1.165, 1.54) is 35.3 Å². The number of thioether (sulfide) groups is 3.